The lowest BCUT2D eigenvalue weighted by atomic mass is 9.98. The lowest BCUT2D eigenvalue weighted by Gasteiger charge is -2.31. The van der Waals surface area contributed by atoms with Gasteiger partial charge >= 0.3 is 0 Å². The third-order valence-corrected chi connectivity index (χ3v) is 4.60. The molecule has 1 amide bonds. The van der Waals surface area contributed by atoms with Gasteiger partial charge in [-0.2, -0.15) is 11.3 Å². The normalized spacial score (nSPS) is 14.3. The molecule has 98 valence electrons. The summed E-state index contributed by atoms with van der Waals surface area (Å²) in [5.41, 5.74) is 4.32. The first kappa shape index (κ1) is 12.9. The molecule has 1 aromatic carbocycles. The van der Waals surface area contributed by atoms with Crippen LogP contribution in [0.15, 0.2) is 33.4 Å². The van der Waals surface area contributed by atoms with Crippen LogP contribution in [0, 0.1) is 6.92 Å². The van der Waals surface area contributed by atoms with Crippen molar-refractivity contribution in [3.05, 3.63) is 50.1 Å². The van der Waals surface area contributed by atoms with Gasteiger partial charge in [-0.3, -0.25) is 4.79 Å². The standard InChI is InChI=1S/C15H14BrNOS/c1-10-7-13(16)8-11-3-2-5-17(14(10)11)15(18)12-4-6-19-9-12/h4,6-9H,2-3,5H2,1H3. The molecule has 2 heterocycles. The zero-order chi connectivity index (χ0) is 13.4. The number of amides is 1. The van der Waals surface area contributed by atoms with E-state index < -0.39 is 0 Å². The first-order valence-electron chi connectivity index (χ1n) is 6.30. The first-order chi connectivity index (χ1) is 9.16. The molecule has 1 aliphatic heterocycles. The minimum Gasteiger partial charge on any atom is -0.308 e. The lowest BCUT2D eigenvalue weighted by molar-refractivity contribution is 0.0985. The largest absolute Gasteiger partial charge is 0.308 e. The van der Waals surface area contributed by atoms with Gasteiger partial charge in [-0.1, -0.05) is 15.9 Å². The van der Waals surface area contributed by atoms with Crippen molar-refractivity contribution < 1.29 is 4.79 Å². The van der Waals surface area contributed by atoms with Crippen LogP contribution in [0.5, 0.6) is 0 Å². The molecule has 0 fully saturated rings. The van der Waals surface area contributed by atoms with Gasteiger partial charge in [0, 0.05) is 16.4 Å². The highest BCUT2D eigenvalue weighted by atomic mass is 79.9. The van der Waals surface area contributed by atoms with Gasteiger partial charge in [0.2, 0.25) is 0 Å². The molecule has 4 heteroatoms. The van der Waals surface area contributed by atoms with Gasteiger partial charge in [-0.25, -0.2) is 0 Å². The third-order valence-electron chi connectivity index (χ3n) is 3.46. The topological polar surface area (TPSA) is 20.3 Å². The first-order valence-corrected chi connectivity index (χ1v) is 8.03. The molecule has 0 unspecified atom stereocenters. The van der Waals surface area contributed by atoms with E-state index >= 15 is 0 Å². The zero-order valence-corrected chi connectivity index (χ0v) is 13.1. The Hall–Kier alpha value is -1.13. The van der Waals surface area contributed by atoms with Gasteiger partial charge in [0.1, 0.15) is 0 Å². The number of benzene rings is 1. The van der Waals surface area contributed by atoms with Crippen molar-refractivity contribution in [1.29, 1.82) is 0 Å². The van der Waals surface area contributed by atoms with E-state index in [9.17, 15) is 4.79 Å². The van der Waals surface area contributed by atoms with Crippen LogP contribution in [0.1, 0.15) is 27.9 Å². The fraction of sp³-hybridized carbons (Fsp3) is 0.267. The Labute approximate surface area is 125 Å². The van der Waals surface area contributed by atoms with Gasteiger partial charge in [-0.15, -0.1) is 0 Å². The summed E-state index contributed by atoms with van der Waals surface area (Å²) in [7, 11) is 0. The Morgan fingerprint density at radius 2 is 2.26 bits per heavy atom. The van der Waals surface area contributed by atoms with Crippen LogP contribution in [0.4, 0.5) is 5.69 Å². The number of anilines is 1. The van der Waals surface area contributed by atoms with Crippen LogP contribution in [0.25, 0.3) is 0 Å². The maximum atomic E-state index is 12.6. The quantitative estimate of drug-likeness (QED) is 0.755. The highest BCUT2D eigenvalue weighted by Gasteiger charge is 2.25. The summed E-state index contributed by atoms with van der Waals surface area (Å²) in [5, 5.41) is 3.87. The Bertz CT molecular complexity index is 621. The number of rotatable bonds is 1. The summed E-state index contributed by atoms with van der Waals surface area (Å²) in [4.78, 5) is 14.5. The van der Waals surface area contributed by atoms with Crippen LogP contribution >= 0.6 is 27.3 Å². The van der Waals surface area contributed by atoms with Gasteiger partial charge in [-0.05, 0) is 54.5 Å². The average molecular weight is 336 g/mol. The fourth-order valence-electron chi connectivity index (χ4n) is 2.67. The predicted molar refractivity (Wildman–Crippen MR) is 83.2 cm³/mol. The highest BCUT2D eigenvalue weighted by Crippen LogP contribution is 2.34. The van der Waals surface area contributed by atoms with Crippen LogP contribution in [-0.4, -0.2) is 12.5 Å². The van der Waals surface area contributed by atoms with Gasteiger partial charge in [0.25, 0.3) is 5.91 Å². The molecule has 19 heavy (non-hydrogen) atoms. The minimum atomic E-state index is 0.118. The second-order valence-corrected chi connectivity index (χ2v) is 6.50. The van der Waals surface area contributed by atoms with Crippen molar-refractivity contribution in [2.24, 2.45) is 0 Å². The van der Waals surface area contributed by atoms with Gasteiger partial charge < -0.3 is 4.90 Å². The van der Waals surface area contributed by atoms with Crippen LogP contribution in [0.2, 0.25) is 0 Å². The van der Waals surface area contributed by atoms with E-state index in [-0.39, 0.29) is 5.91 Å². The summed E-state index contributed by atoms with van der Waals surface area (Å²) in [5.74, 6) is 0.118. The van der Waals surface area contributed by atoms with Crippen molar-refractivity contribution in [2.75, 3.05) is 11.4 Å². The van der Waals surface area contributed by atoms with Crippen molar-refractivity contribution in [3.63, 3.8) is 0 Å². The van der Waals surface area contributed by atoms with Crippen molar-refractivity contribution in [3.8, 4) is 0 Å². The molecule has 0 bridgehead atoms. The van der Waals surface area contributed by atoms with Crippen molar-refractivity contribution in [1.82, 2.24) is 0 Å². The van der Waals surface area contributed by atoms with E-state index in [1.165, 1.54) is 5.56 Å². The second kappa shape index (κ2) is 5.10. The number of carbonyl (C=O) groups is 1. The smallest absolute Gasteiger partial charge is 0.259 e. The van der Waals surface area contributed by atoms with Crippen molar-refractivity contribution >= 4 is 38.9 Å². The van der Waals surface area contributed by atoms with E-state index in [0.29, 0.717) is 0 Å². The summed E-state index contributed by atoms with van der Waals surface area (Å²) >= 11 is 5.10. The number of thiophene rings is 1. The molecule has 2 aromatic rings. The molecule has 1 aromatic heterocycles. The highest BCUT2D eigenvalue weighted by molar-refractivity contribution is 9.10. The molecular formula is C15H14BrNOS. The Kier molecular flexibility index (Phi) is 3.46. The summed E-state index contributed by atoms with van der Waals surface area (Å²) in [6, 6.07) is 6.11. The van der Waals surface area contributed by atoms with E-state index in [1.807, 2.05) is 21.7 Å². The molecule has 0 spiro atoms. The molecule has 0 saturated carbocycles. The number of halogens is 1. The summed E-state index contributed by atoms with van der Waals surface area (Å²) in [6.45, 7) is 2.88. The summed E-state index contributed by atoms with van der Waals surface area (Å²) < 4.78 is 1.09. The van der Waals surface area contributed by atoms with E-state index in [1.54, 1.807) is 11.3 Å². The Balaban J connectivity index is 2.05. The number of fused-ring (bicyclic) bond motifs is 1. The molecule has 0 N–H and O–H groups in total. The van der Waals surface area contributed by atoms with Gasteiger partial charge in [0.05, 0.1) is 11.3 Å². The molecule has 2 nitrogen and oxygen atoms in total. The fourth-order valence-corrected chi connectivity index (χ4v) is 3.92. The molecule has 0 radical (unpaired) electrons. The Morgan fingerprint density at radius 1 is 1.42 bits per heavy atom. The number of nitrogens with zero attached hydrogens (tertiary/aromatic N) is 1. The molecule has 0 atom stereocenters. The maximum absolute atomic E-state index is 12.6. The van der Waals surface area contributed by atoms with Crippen LogP contribution in [-0.2, 0) is 6.42 Å². The molecule has 3 rings (SSSR count). The van der Waals surface area contributed by atoms with Gasteiger partial charge in [0.15, 0.2) is 0 Å². The SMILES string of the molecule is Cc1cc(Br)cc2c1N(C(=O)c1ccsc1)CCC2. The second-order valence-electron chi connectivity index (χ2n) is 4.80. The minimum absolute atomic E-state index is 0.118. The summed E-state index contributed by atoms with van der Waals surface area (Å²) in [6.07, 6.45) is 2.07. The predicted octanol–water partition coefficient (Wildman–Crippen LogP) is 4.41. The van der Waals surface area contributed by atoms with Crippen LogP contribution < -0.4 is 4.90 Å². The van der Waals surface area contributed by atoms with E-state index in [0.717, 1.165) is 40.7 Å². The number of hydrogen-bond donors (Lipinski definition) is 0. The molecular weight excluding hydrogens is 322 g/mol. The average Bonchev–Trinajstić information content (AvgIpc) is 2.90. The Morgan fingerprint density at radius 3 is 3.00 bits per heavy atom. The number of hydrogen-bond acceptors (Lipinski definition) is 2. The molecule has 0 saturated heterocycles. The lowest BCUT2D eigenvalue weighted by Crippen LogP contribution is -2.35. The molecule has 1 aliphatic rings. The molecule has 0 aliphatic carbocycles. The zero-order valence-electron chi connectivity index (χ0n) is 10.6. The van der Waals surface area contributed by atoms with E-state index in [2.05, 4.69) is 35.0 Å². The van der Waals surface area contributed by atoms with Crippen LogP contribution in [0.3, 0.4) is 0 Å². The van der Waals surface area contributed by atoms with E-state index in [4.69, 9.17) is 0 Å². The number of aryl methyl sites for hydroxylation is 2. The third kappa shape index (κ3) is 2.35. The van der Waals surface area contributed by atoms with Crippen molar-refractivity contribution in [2.45, 2.75) is 19.8 Å². The monoisotopic (exact) mass is 335 g/mol. The maximum Gasteiger partial charge on any atom is 0.259 e. The number of carbonyl (C=O) groups excluding carboxylic acids is 1.